The van der Waals surface area contributed by atoms with Crippen LogP contribution in [0.1, 0.15) is 48.7 Å². The number of rotatable bonds is 6. The van der Waals surface area contributed by atoms with E-state index in [-0.39, 0.29) is 35.0 Å². The number of pyridine rings is 1. The Bertz CT molecular complexity index is 1420. The number of anilines is 2. The van der Waals surface area contributed by atoms with E-state index < -0.39 is 23.2 Å². The number of nitrogens with zero attached hydrogens (tertiary/aromatic N) is 3. The molecule has 2 amide bonds. The summed E-state index contributed by atoms with van der Waals surface area (Å²) in [5.74, 6) is -0.193. The number of benzene rings is 1. The summed E-state index contributed by atoms with van der Waals surface area (Å²) in [6, 6.07) is 8.55. The maximum atomic E-state index is 13.5. The number of nitrogens with one attached hydrogen (secondary N) is 2. The number of H-pyrrole nitrogens is 1. The molecule has 1 saturated carbocycles. The fourth-order valence-electron chi connectivity index (χ4n) is 4.21. The van der Waals surface area contributed by atoms with Crippen LogP contribution < -0.4 is 21.5 Å². The Balaban J connectivity index is 1.63. The first kappa shape index (κ1) is 21.9. The lowest BCUT2D eigenvalue weighted by Gasteiger charge is -2.18. The molecule has 10 heteroatoms. The van der Waals surface area contributed by atoms with Gasteiger partial charge in [-0.2, -0.15) is 0 Å². The van der Waals surface area contributed by atoms with Gasteiger partial charge in [-0.25, -0.2) is 14.6 Å². The van der Waals surface area contributed by atoms with E-state index in [1.54, 1.807) is 30.3 Å². The van der Waals surface area contributed by atoms with Crippen LogP contribution in [-0.4, -0.2) is 39.7 Å². The number of carbonyl (C=O) groups is 2. The van der Waals surface area contributed by atoms with E-state index in [2.05, 4.69) is 15.3 Å². The predicted molar refractivity (Wildman–Crippen MR) is 127 cm³/mol. The lowest BCUT2D eigenvalue weighted by molar-refractivity contribution is 0.102. The summed E-state index contributed by atoms with van der Waals surface area (Å²) in [6.45, 7) is 4.92. The molecular formula is C24H25N5O5. The summed E-state index contributed by atoms with van der Waals surface area (Å²) in [5, 5.41) is 2.92. The lowest BCUT2D eigenvalue weighted by Crippen LogP contribution is -2.33. The van der Waals surface area contributed by atoms with Crippen molar-refractivity contribution in [1.29, 1.82) is 0 Å². The van der Waals surface area contributed by atoms with Crippen molar-refractivity contribution >= 4 is 34.4 Å². The third-order valence-corrected chi connectivity index (χ3v) is 5.96. The number of ether oxygens (including phenoxy) is 1. The van der Waals surface area contributed by atoms with Gasteiger partial charge in [-0.05, 0) is 37.0 Å². The second kappa shape index (κ2) is 8.44. The van der Waals surface area contributed by atoms with Gasteiger partial charge in [-0.15, -0.1) is 0 Å². The Hall–Kier alpha value is -3.95. The summed E-state index contributed by atoms with van der Waals surface area (Å²) in [5.41, 5.74) is 0.766. The van der Waals surface area contributed by atoms with Crippen molar-refractivity contribution < 1.29 is 14.3 Å². The topological polar surface area (TPSA) is 126 Å². The lowest BCUT2D eigenvalue weighted by atomic mass is 10.1. The van der Waals surface area contributed by atoms with E-state index in [1.807, 2.05) is 13.8 Å². The molecule has 2 aliphatic rings. The maximum absolute atomic E-state index is 13.5. The van der Waals surface area contributed by atoms with Crippen LogP contribution >= 0.6 is 0 Å². The summed E-state index contributed by atoms with van der Waals surface area (Å²) in [4.78, 5) is 59.5. The molecule has 0 unspecified atom stereocenters. The molecule has 0 atom stereocenters. The van der Waals surface area contributed by atoms with Crippen LogP contribution in [-0.2, 0) is 11.3 Å². The average molecular weight is 463 g/mol. The highest BCUT2D eigenvalue weighted by Gasteiger charge is 2.30. The maximum Gasteiger partial charge on any atom is 0.414 e. The molecule has 1 saturated heterocycles. The smallest absolute Gasteiger partial charge is 0.414 e. The van der Waals surface area contributed by atoms with E-state index in [1.165, 1.54) is 9.47 Å². The van der Waals surface area contributed by atoms with Gasteiger partial charge < -0.3 is 10.1 Å². The normalized spacial score (nSPS) is 15.7. The van der Waals surface area contributed by atoms with Gasteiger partial charge in [0.05, 0.1) is 28.9 Å². The average Bonchev–Trinajstić information content (AvgIpc) is 3.57. The second-order valence-corrected chi connectivity index (χ2v) is 9.07. The van der Waals surface area contributed by atoms with Crippen molar-refractivity contribution in [3.63, 3.8) is 0 Å². The van der Waals surface area contributed by atoms with Gasteiger partial charge in [-0.3, -0.25) is 24.0 Å². The fraction of sp³-hybridized carbons (Fsp3) is 0.375. The van der Waals surface area contributed by atoms with Gasteiger partial charge in [0.25, 0.3) is 11.5 Å². The Kier molecular flexibility index (Phi) is 5.43. The van der Waals surface area contributed by atoms with Crippen molar-refractivity contribution in [2.24, 2.45) is 5.92 Å². The molecular weight excluding hydrogens is 438 g/mol. The summed E-state index contributed by atoms with van der Waals surface area (Å²) in [7, 11) is 0. The molecule has 0 radical (unpaired) electrons. The third kappa shape index (κ3) is 3.95. The molecule has 1 aromatic carbocycles. The zero-order valence-corrected chi connectivity index (χ0v) is 19.0. The van der Waals surface area contributed by atoms with Gasteiger partial charge in [0, 0.05) is 18.2 Å². The molecule has 0 spiro atoms. The Morgan fingerprint density at radius 3 is 2.68 bits per heavy atom. The number of hydrogen-bond donors (Lipinski definition) is 2. The first-order valence-corrected chi connectivity index (χ1v) is 11.4. The van der Waals surface area contributed by atoms with Crippen molar-refractivity contribution in [3.05, 3.63) is 62.4 Å². The molecule has 2 N–H and O–H groups in total. The van der Waals surface area contributed by atoms with E-state index >= 15 is 0 Å². The quantitative estimate of drug-likeness (QED) is 0.579. The fourth-order valence-corrected chi connectivity index (χ4v) is 4.21. The third-order valence-electron chi connectivity index (χ3n) is 5.96. The largest absolute Gasteiger partial charge is 0.447 e. The van der Waals surface area contributed by atoms with E-state index in [0.717, 1.165) is 12.8 Å². The number of aromatic amines is 1. The number of amides is 2. The monoisotopic (exact) mass is 463 g/mol. The van der Waals surface area contributed by atoms with Crippen LogP contribution in [0.5, 0.6) is 0 Å². The van der Waals surface area contributed by atoms with Crippen LogP contribution in [0.3, 0.4) is 0 Å². The number of fused-ring (bicyclic) bond motifs is 1. The molecule has 176 valence electrons. The zero-order chi connectivity index (χ0) is 24.0. The molecule has 2 aromatic heterocycles. The van der Waals surface area contributed by atoms with E-state index in [0.29, 0.717) is 30.2 Å². The number of aromatic nitrogens is 3. The highest BCUT2D eigenvalue weighted by molar-refractivity contribution is 6.13. The van der Waals surface area contributed by atoms with Crippen molar-refractivity contribution in [2.45, 2.75) is 39.2 Å². The van der Waals surface area contributed by atoms with Gasteiger partial charge in [0.1, 0.15) is 6.61 Å². The van der Waals surface area contributed by atoms with Crippen LogP contribution in [0, 0.1) is 5.92 Å². The van der Waals surface area contributed by atoms with Crippen molar-refractivity contribution in [3.8, 4) is 0 Å². The van der Waals surface area contributed by atoms with Gasteiger partial charge in [0.15, 0.2) is 5.65 Å². The van der Waals surface area contributed by atoms with Gasteiger partial charge in [0.2, 0.25) is 0 Å². The van der Waals surface area contributed by atoms with Gasteiger partial charge in [-0.1, -0.05) is 26.0 Å². The number of cyclic esters (lactones) is 1. The van der Waals surface area contributed by atoms with Crippen molar-refractivity contribution in [1.82, 2.24) is 14.5 Å². The van der Waals surface area contributed by atoms with E-state index in [9.17, 15) is 19.2 Å². The highest BCUT2D eigenvalue weighted by atomic mass is 16.6. The molecule has 1 aliphatic heterocycles. The SMILES string of the molecule is CC(C)Cn1c(=O)[nH]c(=O)c2c(C(=O)Nc3ccccc3N3CCOC3=O)cc(C3CC3)nc21. The van der Waals surface area contributed by atoms with Crippen LogP contribution in [0.2, 0.25) is 0 Å². The Labute approximate surface area is 194 Å². The Morgan fingerprint density at radius 2 is 2.00 bits per heavy atom. The molecule has 0 bridgehead atoms. The summed E-state index contributed by atoms with van der Waals surface area (Å²) in [6.07, 6.45) is 1.40. The van der Waals surface area contributed by atoms with Gasteiger partial charge >= 0.3 is 11.8 Å². The number of para-hydroxylation sites is 2. The first-order valence-electron chi connectivity index (χ1n) is 11.4. The van der Waals surface area contributed by atoms with Crippen LogP contribution in [0.15, 0.2) is 39.9 Å². The minimum atomic E-state index is -0.656. The molecule has 10 nitrogen and oxygen atoms in total. The summed E-state index contributed by atoms with van der Waals surface area (Å²) >= 11 is 0. The molecule has 1 aliphatic carbocycles. The molecule has 2 fully saturated rings. The van der Waals surface area contributed by atoms with Crippen LogP contribution in [0.4, 0.5) is 16.2 Å². The molecule has 5 rings (SSSR count). The minimum Gasteiger partial charge on any atom is -0.447 e. The predicted octanol–water partition coefficient (Wildman–Crippen LogP) is 2.83. The molecule has 34 heavy (non-hydrogen) atoms. The van der Waals surface area contributed by atoms with Crippen molar-refractivity contribution in [2.75, 3.05) is 23.4 Å². The highest BCUT2D eigenvalue weighted by Crippen LogP contribution is 2.40. The summed E-state index contributed by atoms with van der Waals surface area (Å²) < 4.78 is 6.46. The number of hydrogen-bond acceptors (Lipinski definition) is 6. The minimum absolute atomic E-state index is 0.0696. The molecule has 3 aromatic rings. The molecule has 3 heterocycles. The first-order chi connectivity index (χ1) is 16.3. The standard InChI is InChI=1S/C24H25N5O5/c1-13(2)12-29-20-19(22(31)27-23(29)32)15(11-17(25-20)14-7-8-14)21(30)26-16-5-3-4-6-18(16)28-9-10-34-24(28)33/h3-6,11,13-14H,7-10,12H2,1-2H3,(H,26,30)(H,27,31,32). The zero-order valence-electron chi connectivity index (χ0n) is 19.0. The number of carbonyl (C=O) groups excluding carboxylic acids is 2. The van der Waals surface area contributed by atoms with E-state index in [4.69, 9.17) is 4.74 Å². The second-order valence-electron chi connectivity index (χ2n) is 9.07. The van der Waals surface area contributed by atoms with Crippen LogP contribution in [0.25, 0.3) is 11.0 Å². The Morgan fingerprint density at radius 1 is 1.24 bits per heavy atom.